The lowest BCUT2D eigenvalue weighted by molar-refractivity contribution is 0.545. The van der Waals surface area contributed by atoms with Gasteiger partial charge in [0.2, 0.25) is 0 Å². The third-order valence-electron chi connectivity index (χ3n) is 1.09. The van der Waals surface area contributed by atoms with Crippen molar-refractivity contribution in [3.05, 3.63) is 0 Å². The van der Waals surface area contributed by atoms with Gasteiger partial charge >= 0.3 is 0 Å². The van der Waals surface area contributed by atoms with E-state index in [4.69, 9.17) is 5.14 Å². The van der Waals surface area contributed by atoms with Crippen LogP contribution in [0.15, 0.2) is 0 Å². The van der Waals surface area contributed by atoms with E-state index in [9.17, 15) is 8.42 Å². The first-order valence-electron chi connectivity index (χ1n) is 3.25. The lowest BCUT2D eigenvalue weighted by atomic mass is 10.2. The fourth-order valence-corrected chi connectivity index (χ4v) is 1.45. The van der Waals surface area contributed by atoms with E-state index in [-0.39, 0.29) is 6.04 Å². The highest BCUT2D eigenvalue weighted by Gasteiger charge is 2.06. The van der Waals surface area contributed by atoms with Crippen molar-refractivity contribution in [2.24, 2.45) is 5.14 Å². The van der Waals surface area contributed by atoms with E-state index in [0.29, 0.717) is 0 Å². The average molecular weight is 166 g/mol. The first-order valence-corrected chi connectivity index (χ1v) is 4.80. The number of nitrogens with one attached hydrogen (secondary N) is 1. The Hall–Kier alpha value is -0.130. The van der Waals surface area contributed by atoms with Crippen LogP contribution >= 0.6 is 0 Å². The molecule has 0 aromatic heterocycles. The second-order valence-electron chi connectivity index (χ2n) is 2.35. The summed E-state index contributed by atoms with van der Waals surface area (Å²) in [5.74, 6) is 0. The lowest BCUT2D eigenvalue weighted by Gasteiger charge is -2.08. The highest BCUT2D eigenvalue weighted by Crippen LogP contribution is 1.94. The molecule has 5 heteroatoms. The predicted octanol–water partition coefficient (Wildman–Crippen LogP) is -0.0319. The highest BCUT2D eigenvalue weighted by molar-refractivity contribution is 7.87. The van der Waals surface area contributed by atoms with E-state index in [2.05, 4.69) is 4.72 Å². The van der Waals surface area contributed by atoms with Crippen molar-refractivity contribution in [3.8, 4) is 0 Å². The second-order valence-corrected chi connectivity index (χ2v) is 3.68. The maximum Gasteiger partial charge on any atom is 0.274 e. The zero-order valence-electron chi connectivity index (χ0n) is 6.29. The fraction of sp³-hybridized carbons (Fsp3) is 1.00. The molecule has 0 bridgehead atoms. The summed E-state index contributed by atoms with van der Waals surface area (Å²) < 4.78 is 23.0. The summed E-state index contributed by atoms with van der Waals surface area (Å²) in [5.41, 5.74) is 0. The molecule has 0 aromatic carbocycles. The molecule has 0 fully saturated rings. The van der Waals surface area contributed by atoms with Crippen LogP contribution in [0.1, 0.15) is 26.7 Å². The average Bonchev–Trinajstić information content (AvgIpc) is 1.59. The summed E-state index contributed by atoms with van der Waals surface area (Å²) in [6.45, 7) is 3.77. The van der Waals surface area contributed by atoms with Crippen molar-refractivity contribution < 1.29 is 8.42 Å². The number of hydrogen-bond acceptors (Lipinski definition) is 2. The van der Waals surface area contributed by atoms with Crippen molar-refractivity contribution in [2.75, 3.05) is 0 Å². The Balaban J connectivity index is 3.69. The molecule has 4 nitrogen and oxygen atoms in total. The van der Waals surface area contributed by atoms with Gasteiger partial charge in [-0.25, -0.2) is 5.14 Å². The first-order chi connectivity index (χ1) is 4.45. The molecule has 0 aliphatic rings. The molecule has 0 aliphatic carbocycles. The number of nitrogens with two attached hydrogens (primary N) is 1. The molecule has 0 amide bonds. The molecular formula is C5H14N2O2S. The Morgan fingerprint density at radius 3 is 2.40 bits per heavy atom. The van der Waals surface area contributed by atoms with Gasteiger partial charge in [0, 0.05) is 6.04 Å². The van der Waals surface area contributed by atoms with Crippen LogP contribution < -0.4 is 9.86 Å². The Morgan fingerprint density at radius 2 is 2.10 bits per heavy atom. The summed E-state index contributed by atoms with van der Waals surface area (Å²) in [6.07, 6.45) is 1.76. The maximum atomic E-state index is 10.4. The Morgan fingerprint density at radius 1 is 1.60 bits per heavy atom. The molecule has 0 saturated heterocycles. The molecule has 10 heavy (non-hydrogen) atoms. The van der Waals surface area contributed by atoms with Gasteiger partial charge in [0.25, 0.3) is 10.2 Å². The van der Waals surface area contributed by atoms with Crippen molar-refractivity contribution in [3.63, 3.8) is 0 Å². The summed E-state index contributed by atoms with van der Waals surface area (Å²) in [4.78, 5) is 0. The van der Waals surface area contributed by atoms with Gasteiger partial charge < -0.3 is 0 Å². The number of rotatable bonds is 4. The minimum Gasteiger partial charge on any atom is -0.216 e. The molecular weight excluding hydrogens is 152 g/mol. The summed E-state index contributed by atoms with van der Waals surface area (Å²) in [7, 11) is -3.50. The van der Waals surface area contributed by atoms with Crippen molar-refractivity contribution >= 4 is 10.2 Å². The largest absolute Gasteiger partial charge is 0.274 e. The third kappa shape index (κ3) is 6.00. The predicted molar refractivity (Wildman–Crippen MR) is 40.6 cm³/mol. The van der Waals surface area contributed by atoms with Crippen LogP contribution in [0.3, 0.4) is 0 Å². The fourth-order valence-electron chi connectivity index (χ4n) is 0.772. The quantitative estimate of drug-likeness (QED) is 0.615. The van der Waals surface area contributed by atoms with Crippen LogP contribution in [0, 0.1) is 0 Å². The van der Waals surface area contributed by atoms with Crippen LogP contribution in [0.2, 0.25) is 0 Å². The summed E-state index contributed by atoms with van der Waals surface area (Å²) in [6, 6.07) is -0.0556. The third-order valence-corrected chi connectivity index (χ3v) is 1.82. The highest BCUT2D eigenvalue weighted by atomic mass is 32.2. The van der Waals surface area contributed by atoms with E-state index in [0.717, 1.165) is 12.8 Å². The molecule has 0 saturated carbocycles. The van der Waals surface area contributed by atoms with E-state index < -0.39 is 10.2 Å². The molecule has 0 heterocycles. The molecule has 0 aliphatic heterocycles. The Kier molecular flexibility index (Phi) is 3.85. The van der Waals surface area contributed by atoms with Gasteiger partial charge in [-0.2, -0.15) is 13.1 Å². The molecule has 0 radical (unpaired) electrons. The van der Waals surface area contributed by atoms with Gasteiger partial charge in [0.1, 0.15) is 0 Å². The minimum atomic E-state index is -3.50. The van der Waals surface area contributed by atoms with Gasteiger partial charge in [0.05, 0.1) is 0 Å². The Labute approximate surface area is 62.0 Å². The SMILES string of the molecule is CCCC(C)NS(N)(=O)=O. The standard InChI is InChI=1S/C5H14N2O2S/c1-3-4-5(2)7-10(6,8)9/h5,7H,3-4H2,1-2H3,(H2,6,8,9). The smallest absolute Gasteiger partial charge is 0.216 e. The zero-order valence-corrected chi connectivity index (χ0v) is 7.11. The maximum absolute atomic E-state index is 10.4. The monoisotopic (exact) mass is 166 g/mol. The van der Waals surface area contributed by atoms with E-state index in [1.54, 1.807) is 6.92 Å². The van der Waals surface area contributed by atoms with E-state index in [1.165, 1.54) is 0 Å². The van der Waals surface area contributed by atoms with Gasteiger partial charge in [-0.3, -0.25) is 0 Å². The zero-order chi connectivity index (χ0) is 8.20. The van der Waals surface area contributed by atoms with Crippen LogP contribution in [0.4, 0.5) is 0 Å². The number of hydrogen-bond donors (Lipinski definition) is 2. The van der Waals surface area contributed by atoms with E-state index >= 15 is 0 Å². The molecule has 0 rings (SSSR count). The van der Waals surface area contributed by atoms with Crippen LogP contribution in [-0.2, 0) is 10.2 Å². The van der Waals surface area contributed by atoms with Gasteiger partial charge in [-0.05, 0) is 13.3 Å². The van der Waals surface area contributed by atoms with Crippen molar-refractivity contribution in [2.45, 2.75) is 32.7 Å². The molecule has 1 atom stereocenters. The van der Waals surface area contributed by atoms with Crippen molar-refractivity contribution in [1.29, 1.82) is 0 Å². The molecule has 0 aromatic rings. The van der Waals surface area contributed by atoms with Gasteiger partial charge in [-0.15, -0.1) is 0 Å². The topological polar surface area (TPSA) is 72.2 Å². The normalized spacial score (nSPS) is 15.1. The summed E-state index contributed by atoms with van der Waals surface area (Å²) >= 11 is 0. The lowest BCUT2D eigenvalue weighted by Crippen LogP contribution is -2.37. The second kappa shape index (κ2) is 3.90. The molecule has 0 spiro atoms. The molecule has 3 N–H and O–H groups in total. The van der Waals surface area contributed by atoms with Crippen LogP contribution in [-0.4, -0.2) is 14.5 Å². The van der Waals surface area contributed by atoms with Gasteiger partial charge in [-0.1, -0.05) is 13.3 Å². The Bertz CT molecular complexity index is 176. The minimum absolute atomic E-state index is 0.0556. The van der Waals surface area contributed by atoms with Gasteiger partial charge in [0.15, 0.2) is 0 Å². The molecule has 1 unspecified atom stereocenters. The van der Waals surface area contributed by atoms with Crippen LogP contribution in [0.5, 0.6) is 0 Å². The van der Waals surface area contributed by atoms with Crippen molar-refractivity contribution in [1.82, 2.24) is 4.72 Å². The van der Waals surface area contributed by atoms with E-state index in [1.807, 2.05) is 6.92 Å². The molecule has 62 valence electrons. The first kappa shape index (κ1) is 9.87. The summed E-state index contributed by atoms with van der Waals surface area (Å²) in [5, 5.41) is 4.73. The van der Waals surface area contributed by atoms with Crippen LogP contribution in [0.25, 0.3) is 0 Å².